The van der Waals surface area contributed by atoms with Crippen LogP contribution in [0.15, 0.2) is 59.5 Å². The highest BCUT2D eigenvalue weighted by Gasteiger charge is 2.31. The van der Waals surface area contributed by atoms with Crippen molar-refractivity contribution >= 4 is 35.0 Å². The lowest BCUT2D eigenvalue weighted by Gasteiger charge is -2.22. The average Bonchev–Trinajstić information content (AvgIpc) is 3.33. The molecule has 0 aliphatic carbocycles. The van der Waals surface area contributed by atoms with Gasteiger partial charge in [-0.3, -0.25) is 9.59 Å². The third kappa shape index (κ3) is 4.97. The van der Waals surface area contributed by atoms with Crippen molar-refractivity contribution < 1.29 is 33.3 Å². The van der Waals surface area contributed by atoms with Gasteiger partial charge in [-0.1, -0.05) is 12.1 Å². The summed E-state index contributed by atoms with van der Waals surface area (Å²) in [5.41, 5.74) is 2.11. The van der Waals surface area contributed by atoms with Crippen LogP contribution in [0, 0.1) is 0 Å². The number of carbonyl (C=O) groups excluding carboxylic acids is 2. The molecule has 0 fully saturated rings. The van der Waals surface area contributed by atoms with Crippen LogP contribution in [0.4, 0.5) is 11.4 Å². The Morgan fingerprint density at radius 3 is 2.46 bits per heavy atom. The Kier molecular flexibility index (Phi) is 7.00. The average molecular weight is 523 g/mol. The van der Waals surface area contributed by atoms with Gasteiger partial charge < -0.3 is 33.9 Å². The third-order valence-corrected chi connectivity index (χ3v) is 7.43. The van der Waals surface area contributed by atoms with E-state index in [9.17, 15) is 9.59 Å². The molecular formula is C27H26N2O7S. The van der Waals surface area contributed by atoms with Crippen LogP contribution < -0.4 is 33.9 Å². The van der Waals surface area contributed by atoms with E-state index < -0.39 is 0 Å². The lowest BCUT2D eigenvalue weighted by atomic mass is 10.1. The first-order valence-electron chi connectivity index (χ1n) is 11.6. The molecule has 0 unspecified atom stereocenters. The number of thioether (sulfide) groups is 1. The quantitative estimate of drug-likeness (QED) is 0.479. The molecule has 3 aromatic rings. The Morgan fingerprint density at radius 1 is 1.00 bits per heavy atom. The van der Waals surface area contributed by atoms with Crippen molar-refractivity contribution in [2.75, 3.05) is 44.9 Å². The van der Waals surface area contributed by atoms with Crippen molar-refractivity contribution in [3.05, 3.63) is 60.2 Å². The Morgan fingerprint density at radius 2 is 1.73 bits per heavy atom. The fourth-order valence-electron chi connectivity index (χ4n) is 4.34. The van der Waals surface area contributed by atoms with Crippen molar-refractivity contribution in [1.29, 1.82) is 0 Å². The fraction of sp³-hybridized carbons (Fsp3) is 0.259. The molecule has 1 N–H and O–H groups in total. The Balaban J connectivity index is 1.40. The van der Waals surface area contributed by atoms with Gasteiger partial charge in [0.15, 0.2) is 23.0 Å². The van der Waals surface area contributed by atoms with E-state index in [1.807, 2.05) is 36.4 Å². The summed E-state index contributed by atoms with van der Waals surface area (Å²) in [7, 11) is 4.66. The first-order valence-corrected chi connectivity index (χ1v) is 12.4. The zero-order valence-electron chi connectivity index (χ0n) is 20.6. The molecule has 9 nitrogen and oxygen atoms in total. The molecule has 0 radical (unpaired) electrons. The largest absolute Gasteiger partial charge is 0.493 e. The molecule has 5 rings (SSSR count). The van der Waals surface area contributed by atoms with E-state index in [4.69, 9.17) is 23.7 Å². The van der Waals surface area contributed by atoms with Gasteiger partial charge in [0.25, 0.3) is 0 Å². The summed E-state index contributed by atoms with van der Waals surface area (Å²) >= 11 is 1.56. The molecular weight excluding hydrogens is 496 g/mol. The topological polar surface area (TPSA) is 95.6 Å². The summed E-state index contributed by atoms with van der Waals surface area (Å²) < 4.78 is 27.2. The maximum absolute atomic E-state index is 13.5. The van der Waals surface area contributed by atoms with Crippen molar-refractivity contribution in [2.45, 2.75) is 16.6 Å². The first-order chi connectivity index (χ1) is 18.0. The van der Waals surface area contributed by atoms with Crippen LogP contribution in [0.1, 0.15) is 17.2 Å². The molecule has 0 saturated carbocycles. The smallest absolute Gasteiger partial charge is 0.244 e. The Labute approximate surface area is 218 Å². The van der Waals surface area contributed by atoms with E-state index in [1.165, 1.54) is 4.90 Å². The number of nitrogens with zero attached hydrogens (tertiary/aromatic N) is 1. The number of ether oxygens (including phenoxy) is 5. The standard InChI is InChI=1S/C27H26N2O7S/c1-32-21-10-16(11-22(33-2)27(21)34-3)24-13-26(31)29(18-6-4-5-7-23(18)37-24)14-25(30)28-17-8-9-19-20(12-17)36-15-35-19/h4-12,24H,13-15H2,1-3H3,(H,28,30)/t24-/m0/s1. The van der Waals surface area contributed by atoms with Gasteiger partial charge in [-0.15, -0.1) is 11.8 Å². The zero-order valence-corrected chi connectivity index (χ0v) is 21.4. The number of hydrogen-bond donors (Lipinski definition) is 1. The molecule has 0 bridgehead atoms. The Hall–Kier alpha value is -4.05. The van der Waals surface area contributed by atoms with E-state index >= 15 is 0 Å². The number of carbonyl (C=O) groups is 2. The molecule has 0 aromatic heterocycles. The van der Waals surface area contributed by atoms with Gasteiger partial charge in [0, 0.05) is 28.3 Å². The molecule has 2 aliphatic rings. The lowest BCUT2D eigenvalue weighted by Crippen LogP contribution is -2.38. The van der Waals surface area contributed by atoms with Crippen LogP contribution in [-0.2, 0) is 9.59 Å². The second-order valence-corrected chi connectivity index (χ2v) is 9.58. The predicted octanol–water partition coefficient (Wildman–Crippen LogP) is 4.65. The van der Waals surface area contributed by atoms with Crippen LogP contribution in [0.25, 0.3) is 0 Å². The van der Waals surface area contributed by atoms with Crippen molar-refractivity contribution in [3.8, 4) is 28.7 Å². The molecule has 0 saturated heterocycles. The van der Waals surface area contributed by atoms with Gasteiger partial charge in [-0.25, -0.2) is 0 Å². The number of methoxy groups -OCH3 is 3. The van der Waals surface area contributed by atoms with Crippen molar-refractivity contribution in [2.24, 2.45) is 0 Å². The number of fused-ring (bicyclic) bond motifs is 2. The summed E-state index contributed by atoms with van der Waals surface area (Å²) in [5, 5.41) is 2.62. The fourth-order valence-corrected chi connectivity index (χ4v) is 5.60. The lowest BCUT2D eigenvalue weighted by molar-refractivity contribution is -0.121. The third-order valence-electron chi connectivity index (χ3n) is 6.10. The predicted molar refractivity (Wildman–Crippen MR) is 139 cm³/mol. The van der Waals surface area contributed by atoms with Crippen molar-refractivity contribution in [1.82, 2.24) is 0 Å². The molecule has 1 atom stereocenters. The summed E-state index contributed by atoms with van der Waals surface area (Å²) in [4.78, 5) is 29.0. The molecule has 3 aromatic carbocycles. The normalized spacial score (nSPS) is 16.0. The van der Waals surface area contributed by atoms with Gasteiger partial charge in [-0.2, -0.15) is 0 Å². The van der Waals surface area contributed by atoms with Gasteiger partial charge >= 0.3 is 0 Å². The second kappa shape index (κ2) is 10.5. The number of benzene rings is 3. The van der Waals surface area contributed by atoms with Crippen molar-refractivity contribution in [3.63, 3.8) is 0 Å². The van der Waals surface area contributed by atoms with E-state index in [-0.39, 0.29) is 36.8 Å². The van der Waals surface area contributed by atoms with E-state index in [0.29, 0.717) is 40.1 Å². The van der Waals surface area contributed by atoms with E-state index in [1.54, 1.807) is 51.3 Å². The highest BCUT2D eigenvalue weighted by Crippen LogP contribution is 2.49. The minimum absolute atomic E-state index is 0.132. The maximum atomic E-state index is 13.5. The monoisotopic (exact) mass is 522 g/mol. The summed E-state index contributed by atoms with van der Waals surface area (Å²) in [5.74, 6) is 2.23. The number of rotatable bonds is 7. The zero-order chi connectivity index (χ0) is 25.9. The Bertz CT molecular complexity index is 1320. The first kappa shape index (κ1) is 24.6. The SMILES string of the molecule is COc1cc([C@@H]2CC(=O)N(CC(=O)Nc3ccc4c(c3)OCO4)c3ccccc3S2)cc(OC)c1OC. The molecule has 10 heteroatoms. The molecule has 192 valence electrons. The number of anilines is 2. The van der Waals surface area contributed by atoms with Gasteiger partial charge in [-0.05, 0) is 42.0 Å². The summed E-state index contributed by atoms with van der Waals surface area (Å²) in [6.07, 6.45) is 0.176. The molecule has 2 aliphatic heterocycles. The maximum Gasteiger partial charge on any atom is 0.244 e. The van der Waals surface area contributed by atoms with Crippen LogP contribution in [0.3, 0.4) is 0 Å². The highest BCUT2D eigenvalue weighted by atomic mass is 32.2. The minimum atomic E-state index is -0.321. The van der Waals surface area contributed by atoms with Crippen LogP contribution in [0.2, 0.25) is 0 Å². The molecule has 37 heavy (non-hydrogen) atoms. The number of para-hydroxylation sites is 1. The van der Waals surface area contributed by atoms with E-state index in [2.05, 4.69) is 5.32 Å². The number of hydrogen-bond acceptors (Lipinski definition) is 8. The molecule has 2 heterocycles. The minimum Gasteiger partial charge on any atom is -0.493 e. The van der Waals surface area contributed by atoms with Crippen LogP contribution in [0.5, 0.6) is 28.7 Å². The number of nitrogens with one attached hydrogen (secondary N) is 1. The van der Waals surface area contributed by atoms with E-state index in [0.717, 1.165) is 10.5 Å². The summed E-state index contributed by atoms with van der Waals surface area (Å²) in [6, 6.07) is 16.5. The van der Waals surface area contributed by atoms with Crippen LogP contribution >= 0.6 is 11.8 Å². The van der Waals surface area contributed by atoms with Crippen LogP contribution in [-0.4, -0.2) is 46.5 Å². The van der Waals surface area contributed by atoms with Gasteiger partial charge in [0.2, 0.25) is 24.4 Å². The summed E-state index contributed by atoms with van der Waals surface area (Å²) in [6.45, 7) is 0.0173. The second-order valence-electron chi connectivity index (χ2n) is 8.33. The molecule has 2 amide bonds. The highest BCUT2D eigenvalue weighted by molar-refractivity contribution is 7.99. The van der Waals surface area contributed by atoms with Gasteiger partial charge in [0.1, 0.15) is 6.54 Å². The molecule has 0 spiro atoms. The van der Waals surface area contributed by atoms with Gasteiger partial charge in [0.05, 0.1) is 27.0 Å². The number of amides is 2.